The summed E-state index contributed by atoms with van der Waals surface area (Å²) in [6.07, 6.45) is 4.22. The summed E-state index contributed by atoms with van der Waals surface area (Å²) >= 11 is 0. The number of carbonyl (C=O) groups excluding carboxylic acids is 1. The van der Waals surface area contributed by atoms with Gasteiger partial charge in [-0.15, -0.1) is 0 Å². The van der Waals surface area contributed by atoms with Crippen LogP contribution in [0.1, 0.15) is 36.5 Å². The third-order valence-electron chi connectivity index (χ3n) is 4.55. The summed E-state index contributed by atoms with van der Waals surface area (Å²) in [5, 5.41) is 9.20. The molecule has 1 aliphatic rings. The van der Waals surface area contributed by atoms with Crippen LogP contribution in [0.4, 0.5) is 9.18 Å². The molecule has 0 unspecified atom stereocenters. The molecule has 1 aromatic carbocycles. The average molecular weight is 345 g/mol. The van der Waals surface area contributed by atoms with Crippen LogP contribution < -0.4 is 16.0 Å². The van der Waals surface area contributed by atoms with Crippen molar-refractivity contribution in [3.8, 4) is 0 Å². The Kier molecular flexibility index (Phi) is 6.06. The molecule has 25 heavy (non-hydrogen) atoms. The number of halogens is 1. The number of piperidine rings is 1. The van der Waals surface area contributed by atoms with Gasteiger partial charge in [0, 0.05) is 18.5 Å². The first-order chi connectivity index (χ1) is 12.2. The van der Waals surface area contributed by atoms with Gasteiger partial charge in [-0.05, 0) is 62.2 Å². The van der Waals surface area contributed by atoms with E-state index in [-0.39, 0.29) is 23.8 Å². The Morgan fingerprint density at radius 2 is 2.00 bits per heavy atom. The predicted molar refractivity (Wildman–Crippen MR) is 94.0 cm³/mol. The van der Waals surface area contributed by atoms with Gasteiger partial charge in [-0.3, -0.25) is 0 Å². The third kappa shape index (κ3) is 5.06. The first kappa shape index (κ1) is 17.5. The van der Waals surface area contributed by atoms with Crippen molar-refractivity contribution in [2.45, 2.75) is 31.2 Å². The molecule has 0 saturated carbocycles. The molecule has 2 aromatic rings. The smallest absolute Gasteiger partial charge is 0.315 e. The van der Waals surface area contributed by atoms with Gasteiger partial charge >= 0.3 is 6.03 Å². The molecule has 5 nitrogen and oxygen atoms in total. The second-order valence-electron chi connectivity index (χ2n) is 6.33. The van der Waals surface area contributed by atoms with Crippen molar-refractivity contribution in [2.75, 3.05) is 19.6 Å². The number of urea groups is 1. The Morgan fingerprint density at radius 3 is 2.68 bits per heavy atom. The molecule has 6 heteroatoms. The number of nitrogens with one attached hydrogen (secondary N) is 3. The highest BCUT2D eigenvalue weighted by Gasteiger charge is 2.18. The molecule has 3 rings (SSSR count). The predicted octanol–water partition coefficient (Wildman–Crippen LogP) is 2.99. The second-order valence-corrected chi connectivity index (χ2v) is 6.33. The second kappa shape index (κ2) is 8.67. The molecular formula is C19H24FN3O2. The standard InChI is InChI=1S/C19H24FN3O2/c20-15-5-3-14(4-6-15)17(18-2-1-13-25-18)9-12-22-19(24)23-16-7-10-21-11-8-16/h1-6,13,16-17,21H,7-12H2,(H2,22,23,24)/t17-/m1/s1. The molecule has 0 spiro atoms. The Morgan fingerprint density at radius 1 is 1.24 bits per heavy atom. The number of benzene rings is 1. The number of hydrogen-bond acceptors (Lipinski definition) is 3. The zero-order valence-electron chi connectivity index (χ0n) is 14.1. The van der Waals surface area contributed by atoms with Gasteiger partial charge < -0.3 is 20.4 Å². The van der Waals surface area contributed by atoms with Crippen molar-refractivity contribution in [1.29, 1.82) is 0 Å². The Bertz CT molecular complexity index is 652. The van der Waals surface area contributed by atoms with E-state index in [9.17, 15) is 9.18 Å². The molecule has 1 aromatic heterocycles. The van der Waals surface area contributed by atoms with Gasteiger partial charge in [0.1, 0.15) is 11.6 Å². The summed E-state index contributed by atoms with van der Waals surface area (Å²) in [4.78, 5) is 12.0. The van der Waals surface area contributed by atoms with Crippen LogP contribution >= 0.6 is 0 Å². The number of hydrogen-bond donors (Lipinski definition) is 3. The zero-order valence-corrected chi connectivity index (χ0v) is 14.1. The molecule has 134 valence electrons. The van der Waals surface area contributed by atoms with Gasteiger partial charge in [0.05, 0.1) is 6.26 Å². The number of amides is 2. The van der Waals surface area contributed by atoms with E-state index in [1.807, 2.05) is 12.1 Å². The Balaban J connectivity index is 1.54. The summed E-state index contributed by atoms with van der Waals surface area (Å²) in [5.41, 5.74) is 0.969. The number of furan rings is 1. The molecule has 1 aliphatic heterocycles. The van der Waals surface area contributed by atoms with Crippen molar-refractivity contribution >= 4 is 6.03 Å². The summed E-state index contributed by atoms with van der Waals surface area (Å²) in [5.74, 6) is 0.531. The fourth-order valence-electron chi connectivity index (χ4n) is 3.19. The van der Waals surface area contributed by atoms with Crippen LogP contribution in [0.15, 0.2) is 47.1 Å². The van der Waals surface area contributed by atoms with Crippen LogP contribution in [0.25, 0.3) is 0 Å². The van der Waals surface area contributed by atoms with Gasteiger partial charge in [-0.25, -0.2) is 9.18 Å². The number of rotatable bonds is 6. The van der Waals surface area contributed by atoms with Gasteiger partial charge in [-0.2, -0.15) is 0 Å². The van der Waals surface area contributed by atoms with Gasteiger partial charge in [0.15, 0.2) is 0 Å². The lowest BCUT2D eigenvalue weighted by Crippen LogP contribution is -2.47. The van der Waals surface area contributed by atoms with Crippen LogP contribution in [0.5, 0.6) is 0 Å². The van der Waals surface area contributed by atoms with E-state index in [1.54, 1.807) is 18.4 Å². The minimum Gasteiger partial charge on any atom is -0.469 e. The molecule has 1 atom stereocenters. The lowest BCUT2D eigenvalue weighted by atomic mass is 9.93. The van der Waals surface area contributed by atoms with Crippen molar-refractivity contribution in [1.82, 2.24) is 16.0 Å². The van der Waals surface area contributed by atoms with Crippen molar-refractivity contribution < 1.29 is 13.6 Å². The monoisotopic (exact) mass is 345 g/mol. The van der Waals surface area contributed by atoms with E-state index in [0.717, 1.165) is 37.3 Å². The lowest BCUT2D eigenvalue weighted by molar-refractivity contribution is 0.233. The molecule has 2 amide bonds. The van der Waals surface area contributed by atoms with E-state index in [0.29, 0.717) is 13.0 Å². The lowest BCUT2D eigenvalue weighted by Gasteiger charge is -2.24. The molecule has 1 fully saturated rings. The molecule has 2 heterocycles. The van der Waals surface area contributed by atoms with Crippen molar-refractivity contribution in [2.24, 2.45) is 0 Å². The van der Waals surface area contributed by atoms with E-state index in [4.69, 9.17) is 4.42 Å². The summed E-state index contributed by atoms with van der Waals surface area (Å²) in [7, 11) is 0. The van der Waals surface area contributed by atoms with E-state index < -0.39 is 0 Å². The largest absolute Gasteiger partial charge is 0.469 e. The quantitative estimate of drug-likeness (QED) is 0.754. The minimum atomic E-state index is -0.263. The van der Waals surface area contributed by atoms with Crippen LogP contribution in [0, 0.1) is 5.82 Å². The van der Waals surface area contributed by atoms with E-state index in [2.05, 4.69) is 16.0 Å². The van der Waals surface area contributed by atoms with E-state index in [1.165, 1.54) is 12.1 Å². The van der Waals surface area contributed by atoms with Crippen LogP contribution in [-0.4, -0.2) is 31.7 Å². The Labute approximate surface area is 147 Å². The van der Waals surface area contributed by atoms with Crippen molar-refractivity contribution in [3.63, 3.8) is 0 Å². The fourth-order valence-corrected chi connectivity index (χ4v) is 3.19. The molecule has 0 aliphatic carbocycles. The highest BCUT2D eigenvalue weighted by atomic mass is 19.1. The first-order valence-corrected chi connectivity index (χ1v) is 8.76. The maximum Gasteiger partial charge on any atom is 0.315 e. The first-order valence-electron chi connectivity index (χ1n) is 8.76. The summed E-state index contributed by atoms with van der Waals surface area (Å²) in [6, 6.07) is 10.3. The molecule has 0 radical (unpaired) electrons. The fraction of sp³-hybridized carbons (Fsp3) is 0.421. The van der Waals surface area contributed by atoms with E-state index >= 15 is 0 Å². The molecular weight excluding hydrogens is 321 g/mol. The zero-order chi connectivity index (χ0) is 17.5. The third-order valence-corrected chi connectivity index (χ3v) is 4.55. The topological polar surface area (TPSA) is 66.3 Å². The van der Waals surface area contributed by atoms with Gasteiger partial charge in [-0.1, -0.05) is 12.1 Å². The average Bonchev–Trinajstić information content (AvgIpc) is 3.15. The highest BCUT2D eigenvalue weighted by molar-refractivity contribution is 5.74. The SMILES string of the molecule is O=C(NCC[C@H](c1ccc(F)cc1)c1ccco1)NC1CCNCC1. The Hall–Kier alpha value is -2.34. The minimum absolute atomic E-state index is 0.0187. The summed E-state index contributed by atoms with van der Waals surface area (Å²) < 4.78 is 18.7. The number of carbonyl (C=O) groups is 1. The van der Waals surface area contributed by atoms with Gasteiger partial charge in [0.2, 0.25) is 0 Å². The normalized spacial score (nSPS) is 16.4. The molecule has 3 N–H and O–H groups in total. The molecule has 1 saturated heterocycles. The van der Waals surface area contributed by atoms with Crippen LogP contribution in [-0.2, 0) is 0 Å². The van der Waals surface area contributed by atoms with Crippen LogP contribution in [0.2, 0.25) is 0 Å². The van der Waals surface area contributed by atoms with Gasteiger partial charge in [0.25, 0.3) is 0 Å². The van der Waals surface area contributed by atoms with Crippen LogP contribution in [0.3, 0.4) is 0 Å². The summed E-state index contributed by atoms with van der Waals surface area (Å²) in [6.45, 7) is 2.39. The van der Waals surface area contributed by atoms with Crippen molar-refractivity contribution in [3.05, 3.63) is 59.8 Å². The maximum atomic E-state index is 13.2. The highest BCUT2D eigenvalue weighted by Crippen LogP contribution is 2.28. The molecule has 0 bridgehead atoms. The maximum absolute atomic E-state index is 13.2.